The molecule has 6 heteroatoms. The fourth-order valence-corrected chi connectivity index (χ4v) is 1.51. The number of carbonyl (C=O) groups is 2. The highest BCUT2D eigenvalue weighted by Gasteiger charge is 2.08. The zero-order chi connectivity index (χ0) is 14.1. The van der Waals surface area contributed by atoms with E-state index in [1.165, 1.54) is 0 Å². The number of benzene rings is 1. The van der Waals surface area contributed by atoms with E-state index in [2.05, 4.69) is 21.2 Å². The molecule has 0 atom stereocenters. The summed E-state index contributed by atoms with van der Waals surface area (Å²) in [6.07, 6.45) is 0.849. The van der Waals surface area contributed by atoms with Crippen molar-refractivity contribution >= 4 is 27.8 Å². The lowest BCUT2D eigenvalue weighted by atomic mass is 10.2. The summed E-state index contributed by atoms with van der Waals surface area (Å²) in [5.41, 5.74) is 0.473. The molecule has 0 saturated carbocycles. The maximum absolute atomic E-state index is 11.7. The molecule has 1 rings (SSSR count). The Hall–Kier alpha value is -1.87. The number of hydrogen-bond donors (Lipinski definition) is 1. The minimum Gasteiger partial charge on any atom is -0.464 e. The molecule has 0 spiro atoms. The fourth-order valence-electron chi connectivity index (χ4n) is 1.24. The molecule has 1 N–H and O–H groups in total. The van der Waals surface area contributed by atoms with Crippen LogP contribution in [0.25, 0.3) is 0 Å². The van der Waals surface area contributed by atoms with E-state index < -0.39 is 5.97 Å². The molecule has 0 aliphatic heterocycles. The van der Waals surface area contributed by atoms with Gasteiger partial charge in [0, 0.05) is 16.5 Å². The highest BCUT2D eigenvalue weighted by atomic mass is 79.9. The molecule has 0 fully saturated rings. The Labute approximate surface area is 119 Å². The van der Waals surface area contributed by atoms with Crippen molar-refractivity contribution in [3.63, 3.8) is 0 Å². The summed E-state index contributed by atoms with van der Waals surface area (Å²) in [4.78, 5) is 22.9. The van der Waals surface area contributed by atoms with Crippen molar-refractivity contribution in [1.82, 2.24) is 5.32 Å². The molecule has 1 aromatic rings. The van der Waals surface area contributed by atoms with E-state index in [1.54, 1.807) is 24.3 Å². The van der Waals surface area contributed by atoms with Crippen LogP contribution in [-0.2, 0) is 9.53 Å². The second-order valence-corrected chi connectivity index (χ2v) is 4.59. The number of carbonyl (C=O) groups excluding carboxylic acids is 2. The van der Waals surface area contributed by atoms with Crippen LogP contribution >= 0.6 is 15.9 Å². The number of amides is 1. The summed E-state index contributed by atoms with van der Waals surface area (Å²) >= 11 is 3.27. The lowest BCUT2D eigenvalue weighted by Crippen LogP contribution is -2.30. The van der Waals surface area contributed by atoms with Gasteiger partial charge in [-0.15, -0.1) is 0 Å². The van der Waals surface area contributed by atoms with Crippen LogP contribution in [0.4, 0.5) is 0 Å². The number of esters is 1. The summed E-state index contributed by atoms with van der Waals surface area (Å²) in [5, 5.41) is 10.8. The SMILES string of the molecule is N#CCCCOC(=O)CNC(=O)c1ccc(Br)cc1. The minimum absolute atomic E-state index is 0.179. The van der Waals surface area contributed by atoms with Gasteiger partial charge in [0.05, 0.1) is 12.7 Å². The normalized spacial score (nSPS) is 9.47. The molecule has 0 unspecified atom stereocenters. The summed E-state index contributed by atoms with van der Waals surface area (Å²) < 4.78 is 5.71. The van der Waals surface area contributed by atoms with Crippen molar-refractivity contribution in [3.8, 4) is 6.07 Å². The van der Waals surface area contributed by atoms with E-state index in [9.17, 15) is 9.59 Å². The molecule has 0 aliphatic carbocycles. The Morgan fingerprint density at radius 1 is 1.32 bits per heavy atom. The van der Waals surface area contributed by atoms with Crippen molar-refractivity contribution in [2.24, 2.45) is 0 Å². The summed E-state index contributed by atoms with van der Waals surface area (Å²) in [5.74, 6) is -0.843. The van der Waals surface area contributed by atoms with E-state index in [0.29, 0.717) is 18.4 Å². The molecule has 1 amide bonds. The van der Waals surface area contributed by atoms with Gasteiger partial charge in [-0.05, 0) is 30.7 Å². The average molecular weight is 325 g/mol. The molecular weight excluding hydrogens is 312 g/mol. The first-order valence-electron chi connectivity index (χ1n) is 5.70. The van der Waals surface area contributed by atoms with Gasteiger partial charge in [0.2, 0.25) is 0 Å². The van der Waals surface area contributed by atoms with Crippen LogP contribution in [0, 0.1) is 11.3 Å². The number of halogens is 1. The van der Waals surface area contributed by atoms with Crippen molar-refractivity contribution in [1.29, 1.82) is 5.26 Å². The van der Waals surface area contributed by atoms with E-state index >= 15 is 0 Å². The predicted octanol–water partition coefficient (Wildman–Crippen LogP) is 2.03. The predicted molar refractivity (Wildman–Crippen MR) is 72.3 cm³/mol. The Morgan fingerprint density at radius 2 is 2.00 bits per heavy atom. The lowest BCUT2D eigenvalue weighted by molar-refractivity contribution is -0.142. The standard InChI is InChI=1S/C13H13BrN2O3/c14-11-5-3-10(4-6-11)13(18)16-9-12(17)19-8-2-1-7-15/h3-6H,1-2,8-9H2,(H,16,18). The van der Waals surface area contributed by atoms with Crippen LogP contribution in [0.15, 0.2) is 28.7 Å². The molecule has 0 heterocycles. The van der Waals surface area contributed by atoms with E-state index in [4.69, 9.17) is 10.00 Å². The molecule has 5 nitrogen and oxygen atoms in total. The number of ether oxygens (including phenoxy) is 1. The van der Waals surface area contributed by atoms with Gasteiger partial charge in [0.25, 0.3) is 5.91 Å². The van der Waals surface area contributed by atoms with Crippen molar-refractivity contribution < 1.29 is 14.3 Å². The molecule has 0 aromatic heterocycles. The molecule has 0 radical (unpaired) electrons. The third kappa shape index (κ3) is 6.02. The van der Waals surface area contributed by atoms with Gasteiger partial charge >= 0.3 is 5.97 Å². The molecule has 1 aromatic carbocycles. The largest absolute Gasteiger partial charge is 0.464 e. The first-order chi connectivity index (χ1) is 9.13. The third-order valence-corrected chi connectivity index (χ3v) is 2.72. The first kappa shape index (κ1) is 15.2. The van der Waals surface area contributed by atoms with Gasteiger partial charge in [-0.25, -0.2) is 0 Å². The van der Waals surface area contributed by atoms with Crippen LogP contribution in [0.1, 0.15) is 23.2 Å². The van der Waals surface area contributed by atoms with Gasteiger partial charge in [-0.3, -0.25) is 9.59 Å². The van der Waals surface area contributed by atoms with Crippen molar-refractivity contribution in [2.45, 2.75) is 12.8 Å². The van der Waals surface area contributed by atoms with Gasteiger partial charge in [-0.2, -0.15) is 5.26 Å². The van der Waals surface area contributed by atoms with Crippen LogP contribution in [0.2, 0.25) is 0 Å². The Kier molecular flexibility index (Phi) is 6.61. The molecule has 0 aliphatic rings. The number of rotatable bonds is 6. The van der Waals surface area contributed by atoms with Crippen LogP contribution in [0.5, 0.6) is 0 Å². The summed E-state index contributed by atoms with van der Waals surface area (Å²) in [7, 11) is 0. The highest BCUT2D eigenvalue weighted by molar-refractivity contribution is 9.10. The van der Waals surface area contributed by atoms with Gasteiger partial charge in [-0.1, -0.05) is 15.9 Å². The number of nitriles is 1. The topological polar surface area (TPSA) is 79.2 Å². The Balaban J connectivity index is 2.28. The Morgan fingerprint density at radius 3 is 2.63 bits per heavy atom. The summed E-state index contributed by atoms with van der Waals surface area (Å²) in [6.45, 7) is 0.0159. The highest BCUT2D eigenvalue weighted by Crippen LogP contribution is 2.10. The number of nitrogens with zero attached hydrogens (tertiary/aromatic N) is 1. The molecule has 0 saturated heterocycles. The molecular formula is C13H13BrN2O3. The smallest absolute Gasteiger partial charge is 0.325 e. The van der Waals surface area contributed by atoms with E-state index in [1.807, 2.05) is 6.07 Å². The van der Waals surface area contributed by atoms with Gasteiger partial charge < -0.3 is 10.1 Å². The van der Waals surface area contributed by atoms with Crippen molar-refractivity contribution in [2.75, 3.05) is 13.2 Å². The van der Waals surface area contributed by atoms with E-state index in [0.717, 1.165) is 4.47 Å². The lowest BCUT2D eigenvalue weighted by Gasteiger charge is -2.05. The monoisotopic (exact) mass is 324 g/mol. The van der Waals surface area contributed by atoms with Crippen LogP contribution in [-0.4, -0.2) is 25.0 Å². The van der Waals surface area contributed by atoms with Gasteiger partial charge in [0.15, 0.2) is 0 Å². The summed E-state index contributed by atoms with van der Waals surface area (Å²) in [6, 6.07) is 8.74. The molecule has 0 bridgehead atoms. The maximum Gasteiger partial charge on any atom is 0.325 e. The van der Waals surface area contributed by atoms with E-state index in [-0.39, 0.29) is 19.1 Å². The zero-order valence-electron chi connectivity index (χ0n) is 10.2. The number of hydrogen-bond acceptors (Lipinski definition) is 4. The molecule has 19 heavy (non-hydrogen) atoms. The number of unbranched alkanes of at least 4 members (excludes halogenated alkanes) is 1. The Bertz CT molecular complexity index is 480. The van der Waals surface area contributed by atoms with Gasteiger partial charge in [0.1, 0.15) is 6.54 Å². The second-order valence-electron chi connectivity index (χ2n) is 3.67. The number of nitrogens with one attached hydrogen (secondary N) is 1. The maximum atomic E-state index is 11.7. The second kappa shape index (κ2) is 8.27. The minimum atomic E-state index is -0.511. The average Bonchev–Trinajstić information content (AvgIpc) is 2.42. The van der Waals surface area contributed by atoms with Crippen LogP contribution < -0.4 is 5.32 Å². The fraction of sp³-hybridized carbons (Fsp3) is 0.308. The quantitative estimate of drug-likeness (QED) is 0.641. The van der Waals surface area contributed by atoms with Crippen molar-refractivity contribution in [3.05, 3.63) is 34.3 Å². The first-order valence-corrected chi connectivity index (χ1v) is 6.49. The van der Waals surface area contributed by atoms with Crippen LogP contribution in [0.3, 0.4) is 0 Å². The zero-order valence-corrected chi connectivity index (χ0v) is 11.8. The third-order valence-electron chi connectivity index (χ3n) is 2.20. The molecule has 100 valence electrons.